The molecule has 0 fully saturated rings. The van der Waals surface area contributed by atoms with Crippen LogP contribution in [0.15, 0.2) is 36.0 Å². The average Bonchev–Trinajstić information content (AvgIpc) is 2.62. The molecule has 138 valence electrons. The van der Waals surface area contributed by atoms with Gasteiger partial charge in [0.1, 0.15) is 11.6 Å². The predicted octanol–water partition coefficient (Wildman–Crippen LogP) is 1.75. The zero-order valence-corrected chi connectivity index (χ0v) is 14.7. The summed E-state index contributed by atoms with van der Waals surface area (Å²) in [5.74, 6) is -1.42. The quantitative estimate of drug-likeness (QED) is 0.298. The molecule has 0 aliphatic heterocycles. The third-order valence-corrected chi connectivity index (χ3v) is 3.04. The number of hydrogen-bond acceptors (Lipinski definition) is 7. The van der Waals surface area contributed by atoms with Crippen LogP contribution in [0, 0.1) is 11.3 Å². The lowest BCUT2D eigenvalue weighted by atomic mass is 10.2. The van der Waals surface area contributed by atoms with E-state index < -0.39 is 11.9 Å². The Labute approximate surface area is 151 Å². The largest absolute Gasteiger partial charge is 0.466 e. The van der Waals surface area contributed by atoms with E-state index in [1.807, 2.05) is 0 Å². The van der Waals surface area contributed by atoms with Crippen molar-refractivity contribution in [2.75, 3.05) is 25.1 Å². The highest BCUT2D eigenvalue weighted by Crippen LogP contribution is 2.11. The van der Waals surface area contributed by atoms with E-state index in [1.54, 1.807) is 19.9 Å². The normalized spacial score (nSPS) is 10.4. The Kier molecular flexibility index (Phi) is 8.96. The van der Waals surface area contributed by atoms with E-state index in [4.69, 9.17) is 14.7 Å². The van der Waals surface area contributed by atoms with Gasteiger partial charge in [-0.1, -0.05) is 0 Å². The molecule has 0 bridgehead atoms. The molecule has 0 spiro atoms. The van der Waals surface area contributed by atoms with Crippen LogP contribution in [-0.2, 0) is 19.1 Å². The van der Waals surface area contributed by atoms with Gasteiger partial charge in [-0.3, -0.25) is 9.59 Å². The number of amides is 1. The highest BCUT2D eigenvalue weighted by molar-refractivity contribution is 6.06. The summed E-state index contributed by atoms with van der Waals surface area (Å²) in [6.45, 7) is 4.24. The molecular weight excluding hydrogens is 338 g/mol. The summed E-state index contributed by atoms with van der Waals surface area (Å²) >= 11 is 0. The van der Waals surface area contributed by atoms with Gasteiger partial charge in [0, 0.05) is 18.4 Å². The smallest absolute Gasteiger partial charge is 0.338 e. The summed E-state index contributed by atoms with van der Waals surface area (Å²) in [4.78, 5) is 34.8. The second-order valence-corrected chi connectivity index (χ2v) is 4.93. The number of hydrogen-bond donors (Lipinski definition) is 2. The minimum Gasteiger partial charge on any atom is -0.466 e. The maximum atomic E-state index is 12.1. The van der Waals surface area contributed by atoms with Crippen LogP contribution in [0.25, 0.3) is 0 Å². The monoisotopic (exact) mass is 359 g/mol. The number of ether oxygens (including phenoxy) is 2. The van der Waals surface area contributed by atoms with Gasteiger partial charge in [-0.05, 0) is 38.1 Å². The van der Waals surface area contributed by atoms with Gasteiger partial charge < -0.3 is 20.1 Å². The van der Waals surface area contributed by atoms with Crippen molar-refractivity contribution in [1.29, 1.82) is 5.26 Å². The number of rotatable bonds is 9. The van der Waals surface area contributed by atoms with Crippen LogP contribution in [0.5, 0.6) is 0 Å². The second-order valence-electron chi connectivity index (χ2n) is 4.93. The number of carbonyl (C=O) groups excluding carboxylic acids is 3. The molecule has 0 unspecified atom stereocenters. The number of nitrogens with zero attached hydrogens (tertiary/aromatic N) is 1. The summed E-state index contributed by atoms with van der Waals surface area (Å²) in [5.41, 5.74) is 0.639. The van der Waals surface area contributed by atoms with E-state index >= 15 is 0 Å². The molecule has 2 N–H and O–H groups in total. The molecule has 1 aromatic rings. The molecule has 8 heteroatoms. The summed E-state index contributed by atoms with van der Waals surface area (Å²) in [5, 5.41) is 14.3. The molecule has 0 atom stereocenters. The van der Waals surface area contributed by atoms with Crippen LogP contribution in [0.1, 0.15) is 30.6 Å². The molecule has 0 saturated carbocycles. The molecule has 8 nitrogen and oxygen atoms in total. The SMILES string of the molecule is CCOC(=O)CCN/C=C(/C#N)C(=O)Nc1ccc(C(=O)OCC)cc1. The second kappa shape index (κ2) is 11.3. The fourth-order valence-corrected chi connectivity index (χ4v) is 1.83. The highest BCUT2D eigenvalue weighted by Gasteiger charge is 2.11. The number of nitrogens with one attached hydrogen (secondary N) is 2. The zero-order chi connectivity index (χ0) is 19.4. The van der Waals surface area contributed by atoms with E-state index in [-0.39, 0.29) is 31.1 Å². The molecule has 0 aliphatic carbocycles. The Morgan fingerprint density at radius 3 is 2.35 bits per heavy atom. The lowest BCUT2D eigenvalue weighted by Crippen LogP contribution is -2.19. The third kappa shape index (κ3) is 7.05. The fraction of sp³-hybridized carbons (Fsp3) is 0.333. The molecule has 0 aliphatic rings. The summed E-state index contributed by atoms with van der Waals surface area (Å²) < 4.78 is 9.64. The minimum atomic E-state index is -0.611. The number of benzene rings is 1. The number of esters is 2. The predicted molar refractivity (Wildman–Crippen MR) is 94.0 cm³/mol. The van der Waals surface area contributed by atoms with E-state index in [1.165, 1.54) is 30.5 Å². The Hall–Kier alpha value is -3.34. The average molecular weight is 359 g/mol. The minimum absolute atomic E-state index is 0.125. The zero-order valence-electron chi connectivity index (χ0n) is 14.7. The Balaban J connectivity index is 2.58. The third-order valence-electron chi connectivity index (χ3n) is 3.04. The van der Waals surface area contributed by atoms with Crippen molar-refractivity contribution in [2.24, 2.45) is 0 Å². The van der Waals surface area contributed by atoms with Gasteiger partial charge in [-0.25, -0.2) is 4.79 Å². The van der Waals surface area contributed by atoms with E-state index in [0.29, 0.717) is 17.9 Å². The summed E-state index contributed by atoms with van der Waals surface area (Å²) in [6, 6.07) is 7.88. The van der Waals surface area contributed by atoms with Crippen molar-refractivity contribution in [1.82, 2.24) is 5.32 Å². The maximum Gasteiger partial charge on any atom is 0.338 e. The Morgan fingerprint density at radius 1 is 1.12 bits per heavy atom. The molecule has 1 amide bonds. The first-order chi connectivity index (χ1) is 12.5. The lowest BCUT2D eigenvalue weighted by Gasteiger charge is -2.06. The van der Waals surface area contributed by atoms with Gasteiger partial charge in [0.25, 0.3) is 5.91 Å². The van der Waals surface area contributed by atoms with E-state index in [9.17, 15) is 14.4 Å². The van der Waals surface area contributed by atoms with Gasteiger partial charge in [0.2, 0.25) is 0 Å². The first-order valence-corrected chi connectivity index (χ1v) is 8.09. The van der Waals surface area contributed by atoms with Crippen LogP contribution in [0.3, 0.4) is 0 Å². The molecule has 26 heavy (non-hydrogen) atoms. The van der Waals surface area contributed by atoms with Crippen molar-refractivity contribution < 1.29 is 23.9 Å². The van der Waals surface area contributed by atoms with Crippen LogP contribution in [-0.4, -0.2) is 37.6 Å². The lowest BCUT2D eigenvalue weighted by molar-refractivity contribution is -0.142. The van der Waals surface area contributed by atoms with Gasteiger partial charge in [0.15, 0.2) is 0 Å². The van der Waals surface area contributed by atoms with Crippen LogP contribution >= 0.6 is 0 Å². The molecule has 0 saturated heterocycles. The van der Waals surface area contributed by atoms with E-state index in [2.05, 4.69) is 10.6 Å². The summed E-state index contributed by atoms with van der Waals surface area (Å²) in [6.07, 6.45) is 1.36. The van der Waals surface area contributed by atoms with Gasteiger partial charge in [-0.2, -0.15) is 5.26 Å². The molecule has 0 aromatic heterocycles. The molecule has 0 heterocycles. The number of nitriles is 1. The van der Waals surface area contributed by atoms with Crippen LogP contribution in [0.4, 0.5) is 5.69 Å². The van der Waals surface area contributed by atoms with Crippen molar-refractivity contribution >= 4 is 23.5 Å². The van der Waals surface area contributed by atoms with Crippen molar-refractivity contribution in [2.45, 2.75) is 20.3 Å². The molecule has 1 rings (SSSR count). The first kappa shape index (κ1) is 20.7. The fourth-order valence-electron chi connectivity index (χ4n) is 1.83. The Bertz CT molecular complexity index is 705. The van der Waals surface area contributed by atoms with Crippen molar-refractivity contribution in [3.8, 4) is 6.07 Å². The maximum absolute atomic E-state index is 12.1. The first-order valence-electron chi connectivity index (χ1n) is 8.09. The van der Waals surface area contributed by atoms with Crippen molar-refractivity contribution in [3.63, 3.8) is 0 Å². The molecule has 1 aromatic carbocycles. The highest BCUT2D eigenvalue weighted by atomic mass is 16.5. The molecule has 0 radical (unpaired) electrons. The van der Waals surface area contributed by atoms with Crippen LogP contribution < -0.4 is 10.6 Å². The van der Waals surface area contributed by atoms with Crippen molar-refractivity contribution in [3.05, 3.63) is 41.6 Å². The van der Waals surface area contributed by atoms with Crippen LogP contribution in [0.2, 0.25) is 0 Å². The number of carbonyl (C=O) groups is 3. The number of anilines is 1. The summed E-state index contributed by atoms with van der Waals surface area (Å²) in [7, 11) is 0. The topological polar surface area (TPSA) is 118 Å². The Morgan fingerprint density at radius 2 is 1.77 bits per heavy atom. The van der Waals surface area contributed by atoms with Gasteiger partial charge in [-0.15, -0.1) is 0 Å². The standard InChI is InChI=1S/C18H21N3O5/c1-3-25-16(22)9-10-20-12-14(11-19)17(23)21-15-7-5-13(6-8-15)18(24)26-4-2/h5-8,12,20H,3-4,9-10H2,1-2H3,(H,21,23)/b14-12-. The van der Waals surface area contributed by atoms with Gasteiger partial charge >= 0.3 is 11.9 Å². The van der Waals surface area contributed by atoms with E-state index in [0.717, 1.165) is 0 Å². The molecular formula is C18H21N3O5. The van der Waals surface area contributed by atoms with Gasteiger partial charge in [0.05, 0.1) is 25.2 Å².